The first-order valence-corrected chi connectivity index (χ1v) is 28.1. The van der Waals surface area contributed by atoms with Gasteiger partial charge in [0.25, 0.3) is 0 Å². The van der Waals surface area contributed by atoms with Crippen LogP contribution in [0.1, 0.15) is 49.9 Å². The lowest BCUT2D eigenvalue weighted by Gasteiger charge is -2.30. The summed E-state index contributed by atoms with van der Waals surface area (Å²) in [5, 5.41) is 7.32. The maximum absolute atomic E-state index is 2.46. The number of anilines is 6. The lowest BCUT2D eigenvalue weighted by atomic mass is 9.81. The molecule has 0 fully saturated rings. The summed E-state index contributed by atoms with van der Waals surface area (Å²) in [5.41, 5.74) is 24.2. The van der Waals surface area contributed by atoms with Gasteiger partial charge in [0.05, 0.1) is 0 Å². The van der Waals surface area contributed by atoms with Gasteiger partial charge >= 0.3 is 0 Å². The van der Waals surface area contributed by atoms with Crippen molar-refractivity contribution in [1.29, 1.82) is 0 Å². The topological polar surface area (TPSA) is 6.48 Å². The standard InChI is InChI=1S/C78H58N2/c1-77(2)71-32-20-19-31-63(71)65-41-36-61(49-73(65)77)79(57-27-13-7-14-28-57)59-38-43-67-69(47-59)75(52-22-9-5-10-23-52)68-44-39-60(48-70(68)76(67)53-24-11-6-12-25-53)80(58-29-15-8-16-30-58)62-37-42-66-64-40-35-56(46-72(64)78(3,4)74(66)50-62)55-34-33-51-21-17-18-26-54(51)45-55/h5-50H,1-4H3. The summed E-state index contributed by atoms with van der Waals surface area (Å²) in [7, 11) is 0. The van der Waals surface area contributed by atoms with Gasteiger partial charge in [-0.3, -0.25) is 0 Å². The zero-order valence-corrected chi connectivity index (χ0v) is 45.5. The van der Waals surface area contributed by atoms with Gasteiger partial charge in [-0.1, -0.05) is 222 Å². The predicted octanol–water partition coefficient (Wildman–Crippen LogP) is 21.7. The zero-order chi connectivity index (χ0) is 53.7. The van der Waals surface area contributed by atoms with Crippen molar-refractivity contribution in [2.24, 2.45) is 0 Å². The lowest BCUT2D eigenvalue weighted by Crippen LogP contribution is -2.16. The average Bonchev–Trinajstić information content (AvgIpc) is 4.00. The molecule has 13 aromatic rings. The summed E-state index contributed by atoms with van der Waals surface area (Å²) in [6.07, 6.45) is 0. The number of para-hydroxylation sites is 2. The Hall–Kier alpha value is -9.76. The Morgan fingerprint density at radius 3 is 1.14 bits per heavy atom. The molecule has 0 amide bonds. The summed E-state index contributed by atoms with van der Waals surface area (Å²) >= 11 is 0. The van der Waals surface area contributed by atoms with Crippen LogP contribution in [0.2, 0.25) is 0 Å². The van der Waals surface area contributed by atoms with Crippen LogP contribution in [-0.4, -0.2) is 0 Å². The molecule has 13 aromatic carbocycles. The molecule has 0 unspecified atom stereocenters. The molecule has 2 nitrogen and oxygen atoms in total. The Labute approximate surface area is 469 Å². The first kappa shape index (κ1) is 47.5. The summed E-state index contributed by atoms with van der Waals surface area (Å²) in [5.74, 6) is 0. The van der Waals surface area contributed by atoms with Crippen molar-refractivity contribution in [2.75, 3.05) is 9.80 Å². The Morgan fingerprint density at radius 1 is 0.225 bits per heavy atom. The highest BCUT2D eigenvalue weighted by Gasteiger charge is 2.38. The smallest absolute Gasteiger partial charge is 0.0468 e. The minimum Gasteiger partial charge on any atom is -0.310 e. The third-order valence-corrected chi connectivity index (χ3v) is 17.6. The van der Waals surface area contributed by atoms with Crippen molar-refractivity contribution in [3.63, 3.8) is 0 Å². The van der Waals surface area contributed by atoms with Crippen LogP contribution in [0.4, 0.5) is 34.1 Å². The summed E-state index contributed by atoms with van der Waals surface area (Å²) in [4.78, 5) is 4.90. The van der Waals surface area contributed by atoms with Crippen LogP contribution >= 0.6 is 0 Å². The van der Waals surface area contributed by atoms with Crippen LogP contribution < -0.4 is 9.80 Å². The van der Waals surface area contributed by atoms with Gasteiger partial charge in [0.1, 0.15) is 0 Å². The van der Waals surface area contributed by atoms with E-state index in [0.29, 0.717) is 0 Å². The zero-order valence-electron chi connectivity index (χ0n) is 45.5. The molecule has 0 aromatic heterocycles. The van der Waals surface area contributed by atoms with Gasteiger partial charge in [0.15, 0.2) is 0 Å². The van der Waals surface area contributed by atoms with E-state index >= 15 is 0 Å². The highest BCUT2D eigenvalue weighted by atomic mass is 15.1. The first-order valence-electron chi connectivity index (χ1n) is 28.1. The van der Waals surface area contributed by atoms with Gasteiger partial charge < -0.3 is 9.80 Å². The Morgan fingerprint density at radius 2 is 0.600 bits per heavy atom. The van der Waals surface area contributed by atoms with Gasteiger partial charge in [-0.25, -0.2) is 0 Å². The van der Waals surface area contributed by atoms with Crippen molar-refractivity contribution < 1.29 is 0 Å². The monoisotopic (exact) mass is 1020 g/mol. The fourth-order valence-electron chi connectivity index (χ4n) is 13.6. The van der Waals surface area contributed by atoms with E-state index in [1.807, 2.05) is 0 Å². The molecule has 2 aliphatic rings. The maximum atomic E-state index is 2.46. The largest absolute Gasteiger partial charge is 0.310 e. The highest BCUT2D eigenvalue weighted by molar-refractivity contribution is 6.22. The molecular weight excluding hydrogens is 965 g/mol. The molecule has 80 heavy (non-hydrogen) atoms. The molecule has 0 atom stereocenters. The molecule has 0 radical (unpaired) electrons. The first-order chi connectivity index (χ1) is 39.2. The Balaban J connectivity index is 0.911. The van der Waals surface area contributed by atoms with Gasteiger partial charge in [-0.2, -0.15) is 0 Å². The van der Waals surface area contributed by atoms with Crippen LogP contribution in [0, 0.1) is 0 Å². The molecule has 0 N–H and O–H groups in total. The summed E-state index contributed by atoms with van der Waals surface area (Å²) in [6, 6.07) is 104. The number of benzene rings is 13. The van der Waals surface area contributed by atoms with E-state index in [1.54, 1.807) is 0 Å². The van der Waals surface area contributed by atoms with E-state index in [1.165, 1.54) is 110 Å². The van der Waals surface area contributed by atoms with Gasteiger partial charge in [0, 0.05) is 45.0 Å². The second-order valence-corrected chi connectivity index (χ2v) is 22.9. The van der Waals surface area contributed by atoms with Gasteiger partial charge in [-0.05, 0) is 195 Å². The Bertz CT molecular complexity index is 4580. The molecule has 0 saturated heterocycles. The molecule has 2 heteroatoms. The van der Waals surface area contributed by atoms with E-state index in [4.69, 9.17) is 0 Å². The van der Waals surface area contributed by atoms with E-state index < -0.39 is 0 Å². The third kappa shape index (κ3) is 7.54. The normalized spacial score (nSPS) is 13.4. The molecule has 2 aliphatic carbocycles. The molecule has 380 valence electrons. The van der Waals surface area contributed by atoms with Crippen molar-refractivity contribution in [3.8, 4) is 55.6 Å². The van der Waals surface area contributed by atoms with Crippen LogP contribution in [0.15, 0.2) is 279 Å². The molecule has 15 rings (SSSR count). The fraction of sp³-hybridized carbons (Fsp3) is 0.0769. The fourth-order valence-corrected chi connectivity index (χ4v) is 13.6. The molecular formula is C78H58N2. The Kier molecular flexibility index (Phi) is 10.9. The summed E-state index contributed by atoms with van der Waals surface area (Å²) in [6.45, 7) is 9.52. The summed E-state index contributed by atoms with van der Waals surface area (Å²) < 4.78 is 0. The minimum atomic E-state index is -0.235. The van der Waals surface area contributed by atoms with Gasteiger partial charge in [-0.15, -0.1) is 0 Å². The maximum Gasteiger partial charge on any atom is 0.0468 e. The number of fused-ring (bicyclic) bond motifs is 9. The number of hydrogen-bond acceptors (Lipinski definition) is 2. The van der Waals surface area contributed by atoms with E-state index in [-0.39, 0.29) is 10.8 Å². The minimum absolute atomic E-state index is 0.139. The highest BCUT2D eigenvalue weighted by Crippen LogP contribution is 2.54. The number of rotatable bonds is 9. The van der Waals surface area contributed by atoms with E-state index in [9.17, 15) is 0 Å². The number of hydrogen-bond donors (Lipinski definition) is 0. The van der Waals surface area contributed by atoms with Crippen LogP contribution in [0.25, 0.3) is 88.0 Å². The van der Waals surface area contributed by atoms with Crippen LogP contribution in [0.5, 0.6) is 0 Å². The SMILES string of the molecule is CC1(C)c2ccccc2-c2ccc(N(c3ccccc3)c3ccc4c(-c5ccccc5)c5cc(N(c6ccccc6)c6ccc7c(c6)C(C)(C)c6cc(-c8ccc9ccccc9c8)ccc6-7)ccc5c(-c5ccccc5)c4c3)cc21. The van der Waals surface area contributed by atoms with E-state index in [2.05, 4.69) is 317 Å². The van der Waals surface area contributed by atoms with Crippen LogP contribution in [0.3, 0.4) is 0 Å². The van der Waals surface area contributed by atoms with Crippen LogP contribution in [-0.2, 0) is 10.8 Å². The van der Waals surface area contributed by atoms with Crippen molar-refractivity contribution >= 4 is 66.4 Å². The molecule has 0 heterocycles. The molecule has 0 saturated carbocycles. The molecule has 0 aliphatic heterocycles. The quantitative estimate of drug-likeness (QED) is 0.133. The van der Waals surface area contributed by atoms with E-state index in [0.717, 1.165) is 34.1 Å². The lowest BCUT2D eigenvalue weighted by molar-refractivity contribution is 0.660. The third-order valence-electron chi connectivity index (χ3n) is 17.6. The second kappa shape index (κ2) is 18.4. The predicted molar refractivity (Wildman–Crippen MR) is 340 cm³/mol. The second-order valence-electron chi connectivity index (χ2n) is 22.9. The molecule has 0 spiro atoms. The average molecular weight is 1020 g/mol. The molecule has 0 bridgehead atoms. The van der Waals surface area contributed by atoms with Crippen molar-refractivity contribution in [2.45, 2.75) is 38.5 Å². The number of nitrogens with zero attached hydrogens (tertiary/aromatic N) is 2. The van der Waals surface area contributed by atoms with Gasteiger partial charge in [0.2, 0.25) is 0 Å². The van der Waals surface area contributed by atoms with Crippen molar-refractivity contribution in [1.82, 2.24) is 0 Å². The van der Waals surface area contributed by atoms with Crippen molar-refractivity contribution in [3.05, 3.63) is 301 Å².